The quantitative estimate of drug-likeness (QED) is 0.515. The first-order valence-electron chi connectivity index (χ1n) is 9.05. The van der Waals surface area contributed by atoms with Gasteiger partial charge in [-0.05, 0) is 12.1 Å². The van der Waals surface area contributed by atoms with Crippen LogP contribution in [-0.2, 0) is 27.9 Å². The lowest BCUT2D eigenvalue weighted by Crippen LogP contribution is -2.38. The minimum atomic E-state index is -5.21. The summed E-state index contributed by atoms with van der Waals surface area (Å²) in [5, 5.41) is 0. The second-order valence-electron chi connectivity index (χ2n) is 6.86. The maximum atomic E-state index is 13.0. The van der Waals surface area contributed by atoms with E-state index in [1.165, 1.54) is 18.5 Å². The zero-order valence-corrected chi connectivity index (χ0v) is 18.0. The van der Waals surface area contributed by atoms with Gasteiger partial charge in [0.05, 0.1) is 39.8 Å². The van der Waals surface area contributed by atoms with Crippen LogP contribution in [0.2, 0.25) is 0 Å². The van der Waals surface area contributed by atoms with Crippen molar-refractivity contribution in [1.29, 1.82) is 0 Å². The van der Waals surface area contributed by atoms with Crippen molar-refractivity contribution in [2.45, 2.75) is 24.2 Å². The Labute approximate surface area is 182 Å². The minimum Gasteiger partial charge on any atom is -0.324 e. The predicted octanol–water partition coefficient (Wildman–Crippen LogP) is 3.37. The lowest BCUT2D eigenvalue weighted by molar-refractivity contribution is -0.170. The molecule has 0 saturated carbocycles. The van der Waals surface area contributed by atoms with Gasteiger partial charge in [0.25, 0.3) is 0 Å². The fourth-order valence-corrected chi connectivity index (χ4v) is 3.99. The van der Waals surface area contributed by atoms with E-state index in [2.05, 4.69) is 15.0 Å². The summed E-state index contributed by atoms with van der Waals surface area (Å²) in [7, 11) is -1.92. The number of aromatic nitrogens is 4. The zero-order chi connectivity index (χ0) is 24.9. The average molecular weight is 495 g/mol. The van der Waals surface area contributed by atoms with E-state index < -0.39 is 50.1 Å². The summed E-state index contributed by atoms with van der Waals surface area (Å²) in [4.78, 5) is 22.5. The van der Waals surface area contributed by atoms with Crippen molar-refractivity contribution in [2.24, 2.45) is 7.05 Å². The van der Waals surface area contributed by atoms with Gasteiger partial charge >= 0.3 is 18.3 Å². The Hall–Kier alpha value is -3.23. The molecular formula is C18H15F6N5O3S. The number of sulfone groups is 1. The van der Waals surface area contributed by atoms with Crippen molar-refractivity contribution in [1.82, 2.24) is 19.5 Å². The first kappa shape index (κ1) is 24.4. The Bertz CT molecular complexity index is 1350. The molecule has 0 unspecified atom stereocenters. The van der Waals surface area contributed by atoms with E-state index in [9.17, 15) is 39.6 Å². The van der Waals surface area contributed by atoms with E-state index in [0.29, 0.717) is 6.07 Å². The fraction of sp³-hybridized carbons (Fsp3) is 0.333. The lowest BCUT2D eigenvalue weighted by atomic mass is 10.3. The number of carbonyl (C=O) groups excluding carboxylic acids is 1. The molecule has 3 aromatic rings. The number of hydrogen-bond acceptors (Lipinski definition) is 6. The van der Waals surface area contributed by atoms with Gasteiger partial charge in [-0.1, -0.05) is 6.92 Å². The summed E-state index contributed by atoms with van der Waals surface area (Å²) in [6.07, 6.45) is -8.20. The molecule has 0 radical (unpaired) electrons. The van der Waals surface area contributed by atoms with Crippen molar-refractivity contribution in [2.75, 3.05) is 17.7 Å². The second kappa shape index (κ2) is 7.97. The molecule has 3 rings (SSSR count). The second-order valence-corrected chi connectivity index (χ2v) is 9.10. The van der Waals surface area contributed by atoms with E-state index in [0.717, 1.165) is 25.5 Å². The SMILES string of the molecule is CCS(=O)(=O)c1cc(N(C)C(=O)C(F)(F)F)cnc1-c1nc2cc(C(F)(F)F)ncc2n1C. The molecule has 178 valence electrons. The number of aryl methyl sites for hydroxylation is 1. The van der Waals surface area contributed by atoms with Gasteiger partial charge in [0.15, 0.2) is 15.7 Å². The topological polar surface area (TPSA) is 98.1 Å². The number of imidazole rings is 1. The summed E-state index contributed by atoms with van der Waals surface area (Å²) in [6, 6.07) is 1.51. The van der Waals surface area contributed by atoms with Crippen LogP contribution in [0.25, 0.3) is 22.6 Å². The Morgan fingerprint density at radius 3 is 2.27 bits per heavy atom. The largest absolute Gasteiger partial charge is 0.471 e. The van der Waals surface area contributed by atoms with Gasteiger partial charge in [-0.15, -0.1) is 0 Å². The van der Waals surface area contributed by atoms with Crippen LogP contribution in [0, 0.1) is 0 Å². The van der Waals surface area contributed by atoms with Gasteiger partial charge in [-0.3, -0.25) is 4.79 Å². The van der Waals surface area contributed by atoms with Crippen LogP contribution >= 0.6 is 0 Å². The number of alkyl halides is 6. The van der Waals surface area contributed by atoms with Crippen LogP contribution in [0.15, 0.2) is 29.4 Å². The zero-order valence-electron chi connectivity index (χ0n) is 17.2. The third-order valence-corrected chi connectivity index (χ3v) is 6.50. The molecule has 0 bridgehead atoms. The van der Waals surface area contributed by atoms with Crippen LogP contribution < -0.4 is 4.90 Å². The van der Waals surface area contributed by atoms with Crippen LogP contribution in [0.3, 0.4) is 0 Å². The summed E-state index contributed by atoms with van der Waals surface area (Å²) >= 11 is 0. The van der Waals surface area contributed by atoms with Crippen LogP contribution in [0.5, 0.6) is 0 Å². The third-order valence-electron chi connectivity index (χ3n) is 4.76. The smallest absolute Gasteiger partial charge is 0.324 e. The molecule has 15 heteroatoms. The molecule has 0 aliphatic heterocycles. The molecule has 8 nitrogen and oxygen atoms in total. The van der Waals surface area contributed by atoms with E-state index in [-0.39, 0.29) is 27.5 Å². The Kier molecular flexibility index (Phi) is 5.89. The summed E-state index contributed by atoms with van der Waals surface area (Å²) in [5.74, 6) is -2.87. The lowest BCUT2D eigenvalue weighted by Gasteiger charge is -2.20. The molecule has 0 atom stereocenters. The first-order chi connectivity index (χ1) is 15.1. The maximum Gasteiger partial charge on any atom is 0.471 e. The highest BCUT2D eigenvalue weighted by atomic mass is 32.2. The number of amides is 1. The van der Waals surface area contributed by atoms with Gasteiger partial charge in [0.1, 0.15) is 11.4 Å². The van der Waals surface area contributed by atoms with Crippen molar-refractivity contribution >= 4 is 32.5 Å². The van der Waals surface area contributed by atoms with Crippen molar-refractivity contribution in [3.05, 3.63) is 30.2 Å². The highest BCUT2D eigenvalue weighted by Crippen LogP contribution is 2.34. The monoisotopic (exact) mass is 495 g/mol. The maximum absolute atomic E-state index is 13.0. The minimum absolute atomic E-state index is 0.132. The highest BCUT2D eigenvalue weighted by Gasteiger charge is 2.42. The van der Waals surface area contributed by atoms with Crippen molar-refractivity contribution in [3.8, 4) is 11.5 Å². The summed E-state index contributed by atoms with van der Waals surface area (Å²) < 4.78 is 104. The number of pyridine rings is 2. The van der Waals surface area contributed by atoms with E-state index in [1.54, 1.807) is 0 Å². The standard InChI is InChI=1S/C18H15F6N5O3S/c1-4-33(31,32)12-5-9(28(2)16(30)18(22,23)24)7-26-14(12)15-27-10-6-13(17(19,20)21)25-8-11(10)29(15)3/h5-8H,4H2,1-3H3. The van der Waals surface area contributed by atoms with E-state index in [1.807, 2.05) is 0 Å². The Morgan fingerprint density at radius 1 is 1.09 bits per heavy atom. The number of hydrogen-bond donors (Lipinski definition) is 0. The van der Waals surface area contributed by atoms with E-state index in [4.69, 9.17) is 0 Å². The number of rotatable bonds is 4. The van der Waals surface area contributed by atoms with Crippen LogP contribution in [0.4, 0.5) is 32.0 Å². The molecular weight excluding hydrogens is 480 g/mol. The van der Waals surface area contributed by atoms with Gasteiger partial charge in [-0.2, -0.15) is 26.3 Å². The molecule has 0 N–H and O–H groups in total. The third kappa shape index (κ3) is 4.49. The molecule has 0 aliphatic rings. The first-order valence-corrected chi connectivity index (χ1v) is 10.7. The number of fused-ring (bicyclic) bond motifs is 1. The normalized spacial score (nSPS) is 12.9. The molecule has 0 spiro atoms. The van der Waals surface area contributed by atoms with Crippen molar-refractivity contribution in [3.63, 3.8) is 0 Å². The molecule has 3 aromatic heterocycles. The van der Waals surface area contributed by atoms with Gasteiger partial charge in [0, 0.05) is 14.1 Å². The number of halogens is 6. The summed E-state index contributed by atoms with van der Waals surface area (Å²) in [5.41, 5.74) is -1.98. The van der Waals surface area contributed by atoms with Gasteiger partial charge in [-0.25, -0.2) is 23.4 Å². The summed E-state index contributed by atoms with van der Waals surface area (Å²) in [6.45, 7) is 1.28. The molecule has 3 heterocycles. The van der Waals surface area contributed by atoms with Gasteiger partial charge < -0.3 is 9.47 Å². The average Bonchev–Trinajstić information content (AvgIpc) is 3.06. The molecule has 0 fully saturated rings. The number of anilines is 1. The molecule has 0 aromatic carbocycles. The molecule has 33 heavy (non-hydrogen) atoms. The fourth-order valence-electron chi connectivity index (χ4n) is 2.94. The molecule has 1 amide bonds. The van der Waals surface area contributed by atoms with Crippen LogP contribution in [0.1, 0.15) is 12.6 Å². The van der Waals surface area contributed by atoms with Crippen molar-refractivity contribution < 1.29 is 39.6 Å². The Morgan fingerprint density at radius 2 is 1.73 bits per heavy atom. The highest BCUT2D eigenvalue weighted by molar-refractivity contribution is 7.91. The van der Waals surface area contributed by atoms with Crippen LogP contribution in [-0.4, -0.2) is 52.8 Å². The number of nitrogens with zero attached hydrogens (tertiary/aromatic N) is 5. The number of carbonyl (C=O) groups is 1. The molecule has 0 aliphatic carbocycles. The molecule has 0 saturated heterocycles. The van der Waals surface area contributed by atoms with E-state index >= 15 is 0 Å². The predicted molar refractivity (Wildman–Crippen MR) is 104 cm³/mol. The Balaban J connectivity index is 2.24. The van der Waals surface area contributed by atoms with Gasteiger partial charge in [0.2, 0.25) is 0 Å².